The Bertz CT molecular complexity index is 217. The number of aliphatic hydroxyl groups is 1. The van der Waals surface area contributed by atoms with E-state index in [1.165, 1.54) is 0 Å². The first-order valence-corrected chi connectivity index (χ1v) is 14.0. The zero-order valence-electron chi connectivity index (χ0n) is 13.1. The van der Waals surface area contributed by atoms with Gasteiger partial charge in [0.15, 0.2) is 0 Å². The average molecular weight is 449 g/mol. The number of aliphatic hydroxyl groups excluding tert-OH is 1. The Kier molecular flexibility index (Phi) is 8.94. The summed E-state index contributed by atoms with van der Waals surface area (Å²) in [4.78, 5) is 1.87. The van der Waals surface area contributed by atoms with E-state index >= 15 is 0 Å². The summed E-state index contributed by atoms with van der Waals surface area (Å²) in [5.41, 5.74) is 0. The van der Waals surface area contributed by atoms with Gasteiger partial charge in [-0.2, -0.15) is 0 Å². The summed E-state index contributed by atoms with van der Waals surface area (Å²) in [7, 11) is 3.76. The number of nitrogens with zero attached hydrogens (tertiary/aromatic N) is 1. The van der Waals surface area contributed by atoms with Crippen LogP contribution in [0.2, 0.25) is 0 Å². The summed E-state index contributed by atoms with van der Waals surface area (Å²) < 4.78 is 22.6. The SMILES string of the molecule is CC[O][Ta]([O]CC)([O]CC)([O]CC)[CH](O)CN(C)C. The van der Waals surface area contributed by atoms with Crippen LogP contribution in [0.25, 0.3) is 0 Å². The maximum absolute atomic E-state index is 10.7. The first-order valence-electron chi connectivity index (χ1n) is 6.85. The monoisotopic (exact) mass is 449 g/mol. The van der Waals surface area contributed by atoms with E-state index < -0.39 is 21.7 Å². The predicted molar refractivity (Wildman–Crippen MR) is 71.1 cm³/mol. The van der Waals surface area contributed by atoms with Gasteiger partial charge in [-0.25, -0.2) is 0 Å². The number of rotatable bonds is 11. The van der Waals surface area contributed by atoms with Gasteiger partial charge >= 0.3 is 119 Å². The molecule has 0 amide bonds. The van der Waals surface area contributed by atoms with E-state index in [9.17, 15) is 5.11 Å². The molecule has 0 aromatic carbocycles. The molecule has 6 nitrogen and oxygen atoms in total. The van der Waals surface area contributed by atoms with Crippen LogP contribution in [0.3, 0.4) is 0 Å². The molecule has 118 valence electrons. The van der Waals surface area contributed by atoms with Crippen LogP contribution in [0.15, 0.2) is 0 Å². The first-order chi connectivity index (χ1) is 8.90. The third kappa shape index (κ3) is 4.77. The molecule has 0 aromatic rings. The van der Waals surface area contributed by atoms with E-state index in [0.717, 1.165) is 0 Å². The summed E-state index contributed by atoms with van der Waals surface area (Å²) >= 11 is -5.09. The normalized spacial score (nSPS) is 16.3. The molecule has 0 aliphatic carbocycles. The van der Waals surface area contributed by atoms with Crippen molar-refractivity contribution in [2.45, 2.75) is 32.0 Å². The minimum atomic E-state index is -5.09. The summed E-state index contributed by atoms with van der Waals surface area (Å²) in [5.74, 6) is 0. The van der Waals surface area contributed by atoms with Crippen molar-refractivity contribution in [2.24, 2.45) is 0 Å². The van der Waals surface area contributed by atoms with Gasteiger partial charge in [0.05, 0.1) is 0 Å². The second-order valence-electron chi connectivity index (χ2n) is 4.28. The molecule has 0 saturated heterocycles. The van der Waals surface area contributed by atoms with Gasteiger partial charge in [0.2, 0.25) is 0 Å². The Labute approximate surface area is 119 Å². The van der Waals surface area contributed by atoms with E-state index in [0.29, 0.717) is 33.0 Å². The zero-order valence-corrected chi connectivity index (χ0v) is 16.3. The van der Waals surface area contributed by atoms with Crippen LogP contribution in [-0.2, 0) is 30.4 Å². The van der Waals surface area contributed by atoms with Gasteiger partial charge in [-0.3, -0.25) is 0 Å². The van der Waals surface area contributed by atoms with E-state index in [-0.39, 0.29) is 0 Å². The van der Waals surface area contributed by atoms with Crippen LogP contribution < -0.4 is 0 Å². The molecule has 0 spiro atoms. The molecule has 0 heterocycles. The van der Waals surface area contributed by atoms with Crippen LogP contribution in [0.1, 0.15) is 27.7 Å². The quantitative estimate of drug-likeness (QED) is 0.514. The molecule has 0 aromatic heterocycles. The van der Waals surface area contributed by atoms with Crippen molar-refractivity contribution in [3.63, 3.8) is 0 Å². The standard InChI is InChI=1S/C4H10NO.4C2H5O.Ta/c1-5(2)3-4-6;4*1-2-3;/h4,6H,3H2,1-2H3;4*2H2,1H3;/q;4*-1;+4. The molecular formula is C12H30NO5Ta. The van der Waals surface area contributed by atoms with Crippen LogP contribution in [-0.4, -0.2) is 61.4 Å². The van der Waals surface area contributed by atoms with E-state index in [1.807, 2.05) is 46.7 Å². The van der Waals surface area contributed by atoms with Crippen molar-refractivity contribution in [1.82, 2.24) is 4.90 Å². The number of hydrogen-bond acceptors (Lipinski definition) is 6. The van der Waals surface area contributed by atoms with Crippen LogP contribution in [0, 0.1) is 0 Å². The fourth-order valence-electron chi connectivity index (χ4n) is 1.96. The van der Waals surface area contributed by atoms with Crippen molar-refractivity contribution >= 4 is 0 Å². The molecule has 0 saturated carbocycles. The Morgan fingerprint density at radius 3 is 1.37 bits per heavy atom. The van der Waals surface area contributed by atoms with E-state index in [1.54, 1.807) is 0 Å². The molecule has 19 heavy (non-hydrogen) atoms. The fraction of sp³-hybridized carbons (Fsp3) is 1.00. The van der Waals surface area contributed by atoms with Crippen molar-refractivity contribution in [3.05, 3.63) is 0 Å². The van der Waals surface area contributed by atoms with Gasteiger partial charge in [-0.1, -0.05) is 0 Å². The molecule has 0 aliphatic heterocycles. The Hall–Kier alpha value is 0.500. The number of likely N-dealkylation sites (N-methyl/N-ethyl adjacent to an activating group) is 1. The second-order valence-corrected chi connectivity index (χ2v) is 16.4. The van der Waals surface area contributed by atoms with Gasteiger partial charge < -0.3 is 0 Å². The van der Waals surface area contributed by atoms with Crippen molar-refractivity contribution in [2.75, 3.05) is 47.1 Å². The van der Waals surface area contributed by atoms with Crippen LogP contribution >= 0.6 is 0 Å². The Morgan fingerprint density at radius 1 is 0.842 bits per heavy atom. The first kappa shape index (κ1) is 19.5. The summed E-state index contributed by atoms with van der Waals surface area (Å²) in [6, 6.07) is 0. The molecule has 0 fully saturated rings. The maximum atomic E-state index is 10.7. The van der Waals surface area contributed by atoms with Crippen molar-refractivity contribution in [3.8, 4) is 0 Å². The summed E-state index contributed by atoms with van der Waals surface area (Å²) in [5, 5.41) is 10.7. The topological polar surface area (TPSA) is 60.4 Å². The third-order valence-electron chi connectivity index (χ3n) is 2.46. The predicted octanol–water partition coefficient (Wildman–Crippen LogP) is 1.36. The molecule has 0 radical (unpaired) electrons. The van der Waals surface area contributed by atoms with Crippen LogP contribution in [0.4, 0.5) is 0 Å². The average Bonchev–Trinajstić information content (AvgIpc) is 2.29. The van der Waals surface area contributed by atoms with Gasteiger partial charge in [-0.05, 0) is 0 Å². The fourth-order valence-corrected chi connectivity index (χ4v) is 14.9. The molecular weight excluding hydrogens is 419 g/mol. The summed E-state index contributed by atoms with van der Waals surface area (Å²) in [6.45, 7) is 9.35. The van der Waals surface area contributed by atoms with E-state index in [4.69, 9.17) is 13.0 Å². The van der Waals surface area contributed by atoms with Crippen molar-refractivity contribution < 1.29 is 35.5 Å². The molecule has 0 aliphatic rings. The Morgan fingerprint density at radius 2 is 1.16 bits per heavy atom. The second kappa shape index (κ2) is 8.71. The molecule has 1 atom stereocenters. The molecule has 1 N–H and O–H groups in total. The summed E-state index contributed by atoms with van der Waals surface area (Å²) in [6.07, 6.45) is 0. The molecule has 0 bridgehead atoms. The molecule has 0 rings (SSSR count). The third-order valence-corrected chi connectivity index (χ3v) is 16.9. The zero-order chi connectivity index (χ0) is 15.0. The van der Waals surface area contributed by atoms with Gasteiger partial charge in [0.25, 0.3) is 0 Å². The van der Waals surface area contributed by atoms with Crippen LogP contribution in [0.5, 0.6) is 0 Å². The van der Waals surface area contributed by atoms with Gasteiger partial charge in [0.1, 0.15) is 0 Å². The molecule has 1 unspecified atom stereocenters. The van der Waals surface area contributed by atoms with Gasteiger partial charge in [0, 0.05) is 0 Å². The van der Waals surface area contributed by atoms with Gasteiger partial charge in [-0.15, -0.1) is 0 Å². The minimum absolute atomic E-state index is 0.382. The van der Waals surface area contributed by atoms with Crippen molar-refractivity contribution in [1.29, 1.82) is 0 Å². The van der Waals surface area contributed by atoms with E-state index in [2.05, 4.69) is 0 Å². The number of hydrogen-bond donors (Lipinski definition) is 1. The molecule has 7 heteroatoms. The Balaban J connectivity index is 5.53.